The molecular formula is C20H28N6O2S. The first kappa shape index (κ1) is 20.0. The van der Waals surface area contributed by atoms with Crippen molar-refractivity contribution in [2.24, 2.45) is 5.92 Å². The van der Waals surface area contributed by atoms with Gasteiger partial charge in [0.1, 0.15) is 22.1 Å². The smallest absolute Gasteiger partial charge is 0.350 e. The monoisotopic (exact) mass is 416 g/mol. The molecule has 0 spiro atoms. The van der Waals surface area contributed by atoms with Crippen LogP contribution >= 0.6 is 11.3 Å². The van der Waals surface area contributed by atoms with Crippen LogP contribution in [0, 0.1) is 5.92 Å². The first-order chi connectivity index (χ1) is 14.2. The highest BCUT2D eigenvalue weighted by Crippen LogP contribution is 2.35. The molecule has 2 aromatic heterocycles. The lowest BCUT2D eigenvalue weighted by Gasteiger charge is -2.30. The number of anilines is 2. The van der Waals surface area contributed by atoms with E-state index in [4.69, 9.17) is 9.72 Å². The third-order valence-corrected chi connectivity index (χ3v) is 6.42. The maximum Gasteiger partial charge on any atom is 0.350 e. The van der Waals surface area contributed by atoms with Crippen molar-refractivity contribution in [1.29, 1.82) is 0 Å². The first-order valence-electron chi connectivity index (χ1n) is 10.4. The average Bonchev–Trinajstić information content (AvgIpc) is 3.20. The molecule has 156 valence electrons. The van der Waals surface area contributed by atoms with Crippen LogP contribution in [-0.4, -0.2) is 66.8 Å². The molecule has 0 radical (unpaired) electrons. The Bertz CT molecular complexity index is 834. The van der Waals surface area contributed by atoms with Crippen LogP contribution in [0.4, 0.5) is 10.9 Å². The van der Waals surface area contributed by atoms with E-state index >= 15 is 0 Å². The van der Waals surface area contributed by atoms with Crippen molar-refractivity contribution in [3.05, 3.63) is 17.3 Å². The van der Waals surface area contributed by atoms with Crippen LogP contribution in [-0.2, 0) is 4.74 Å². The Morgan fingerprint density at radius 1 is 1.24 bits per heavy atom. The minimum Gasteiger partial charge on any atom is -0.462 e. The number of esters is 1. The molecule has 0 aliphatic carbocycles. The average molecular weight is 417 g/mol. The molecule has 2 saturated heterocycles. The predicted molar refractivity (Wildman–Crippen MR) is 115 cm³/mol. The molecule has 0 saturated carbocycles. The fourth-order valence-electron chi connectivity index (χ4n) is 3.82. The summed E-state index contributed by atoms with van der Waals surface area (Å²) in [5, 5.41) is 4.20. The van der Waals surface area contributed by atoms with E-state index < -0.39 is 0 Å². The molecule has 0 amide bonds. The Morgan fingerprint density at radius 3 is 2.76 bits per heavy atom. The number of piperidine rings is 1. The second-order valence-electron chi connectivity index (χ2n) is 7.58. The largest absolute Gasteiger partial charge is 0.462 e. The number of rotatable bonds is 5. The van der Waals surface area contributed by atoms with Crippen molar-refractivity contribution in [1.82, 2.24) is 20.3 Å². The van der Waals surface area contributed by atoms with Gasteiger partial charge >= 0.3 is 5.97 Å². The van der Waals surface area contributed by atoms with E-state index in [-0.39, 0.29) is 5.97 Å². The Balaban J connectivity index is 1.63. The standard InChI is InChI=1S/C20H28N6O2S/c1-3-28-19(27)18-17(24-20(29-18)26-8-4-5-14(2)13-26)15-11-23-16(12-22-15)25-9-6-21-7-10-25/h11-12,14,21H,3-10,13H2,1-2H3/t14-/m1/s1. The van der Waals surface area contributed by atoms with Crippen LogP contribution in [0.3, 0.4) is 0 Å². The highest BCUT2D eigenvalue weighted by atomic mass is 32.1. The lowest BCUT2D eigenvalue weighted by atomic mass is 10.0. The van der Waals surface area contributed by atoms with Crippen LogP contribution in [0.2, 0.25) is 0 Å². The highest BCUT2D eigenvalue weighted by molar-refractivity contribution is 7.17. The van der Waals surface area contributed by atoms with Gasteiger partial charge in [-0.3, -0.25) is 0 Å². The molecule has 2 aliphatic heterocycles. The number of hydrogen-bond donors (Lipinski definition) is 1. The fraction of sp³-hybridized carbons (Fsp3) is 0.600. The van der Waals surface area contributed by atoms with Crippen molar-refractivity contribution in [2.75, 3.05) is 55.7 Å². The zero-order chi connectivity index (χ0) is 20.2. The number of aromatic nitrogens is 3. The summed E-state index contributed by atoms with van der Waals surface area (Å²) in [5.41, 5.74) is 1.18. The van der Waals surface area contributed by atoms with Gasteiger partial charge in [-0.05, 0) is 25.7 Å². The maximum absolute atomic E-state index is 12.6. The molecule has 29 heavy (non-hydrogen) atoms. The summed E-state index contributed by atoms with van der Waals surface area (Å²) in [6.45, 7) is 10.0. The number of nitrogens with zero attached hydrogens (tertiary/aromatic N) is 5. The van der Waals surface area contributed by atoms with Crippen LogP contribution in [0.5, 0.6) is 0 Å². The van der Waals surface area contributed by atoms with Gasteiger partial charge in [0, 0.05) is 39.3 Å². The van der Waals surface area contributed by atoms with Gasteiger partial charge in [-0.1, -0.05) is 18.3 Å². The highest BCUT2D eigenvalue weighted by Gasteiger charge is 2.26. The summed E-state index contributed by atoms with van der Waals surface area (Å²) in [4.78, 5) is 31.6. The molecule has 2 aliphatic rings. The van der Waals surface area contributed by atoms with Crippen molar-refractivity contribution in [3.8, 4) is 11.4 Å². The molecule has 0 unspecified atom stereocenters. The van der Waals surface area contributed by atoms with E-state index in [1.807, 2.05) is 6.92 Å². The van der Waals surface area contributed by atoms with Gasteiger partial charge in [0.25, 0.3) is 0 Å². The van der Waals surface area contributed by atoms with Crippen molar-refractivity contribution in [3.63, 3.8) is 0 Å². The van der Waals surface area contributed by atoms with E-state index in [1.165, 1.54) is 17.8 Å². The molecule has 0 bridgehead atoms. The SMILES string of the molecule is CCOC(=O)c1sc(N2CCC[C@@H](C)C2)nc1-c1cnc(N2CCNCC2)cn1. The second kappa shape index (κ2) is 9.04. The lowest BCUT2D eigenvalue weighted by molar-refractivity contribution is 0.0532. The third kappa shape index (κ3) is 4.51. The Hall–Kier alpha value is -2.26. The molecule has 4 rings (SSSR count). The number of nitrogens with one attached hydrogen (secondary N) is 1. The number of piperazine rings is 1. The zero-order valence-electron chi connectivity index (χ0n) is 17.1. The van der Waals surface area contributed by atoms with Gasteiger partial charge in [-0.2, -0.15) is 0 Å². The molecule has 1 N–H and O–H groups in total. The van der Waals surface area contributed by atoms with Crippen molar-refractivity contribution in [2.45, 2.75) is 26.7 Å². The van der Waals surface area contributed by atoms with E-state index in [9.17, 15) is 4.79 Å². The van der Waals surface area contributed by atoms with Crippen LogP contribution < -0.4 is 15.1 Å². The Labute approximate surface area is 175 Å². The van der Waals surface area contributed by atoms with Crippen LogP contribution in [0.25, 0.3) is 11.4 Å². The number of carbonyl (C=O) groups excluding carboxylic acids is 1. The lowest BCUT2D eigenvalue weighted by Crippen LogP contribution is -2.43. The fourth-order valence-corrected chi connectivity index (χ4v) is 4.82. The summed E-state index contributed by atoms with van der Waals surface area (Å²) in [6, 6.07) is 0. The van der Waals surface area contributed by atoms with E-state index in [2.05, 4.69) is 32.0 Å². The van der Waals surface area contributed by atoms with Crippen molar-refractivity contribution < 1.29 is 9.53 Å². The Kier molecular flexibility index (Phi) is 6.25. The molecule has 0 aromatic carbocycles. The van der Waals surface area contributed by atoms with Gasteiger partial charge in [-0.25, -0.2) is 19.7 Å². The quantitative estimate of drug-likeness (QED) is 0.744. The van der Waals surface area contributed by atoms with E-state index in [1.54, 1.807) is 12.4 Å². The molecule has 1 atom stereocenters. The third-order valence-electron chi connectivity index (χ3n) is 5.33. The summed E-state index contributed by atoms with van der Waals surface area (Å²) in [7, 11) is 0. The minimum absolute atomic E-state index is 0.333. The van der Waals surface area contributed by atoms with Gasteiger partial charge in [0.15, 0.2) is 5.13 Å². The molecule has 2 aromatic rings. The van der Waals surface area contributed by atoms with Gasteiger partial charge in [-0.15, -0.1) is 0 Å². The Morgan fingerprint density at radius 2 is 2.07 bits per heavy atom. The van der Waals surface area contributed by atoms with Gasteiger partial charge in [0.2, 0.25) is 0 Å². The first-order valence-corrected chi connectivity index (χ1v) is 11.2. The molecule has 4 heterocycles. The van der Waals surface area contributed by atoms with Gasteiger partial charge in [0.05, 0.1) is 19.0 Å². The number of carbonyl (C=O) groups is 1. The van der Waals surface area contributed by atoms with Crippen molar-refractivity contribution >= 4 is 28.3 Å². The summed E-state index contributed by atoms with van der Waals surface area (Å²) >= 11 is 1.40. The maximum atomic E-state index is 12.6. The van der Waals surface area contributed by atoms with E-state index in [0.29, 0.717) is 28.8 Å². The normalized spacial score (nSPS) is 20.0. The minimum atomic E-state index is -0.343. The van der Waals surface area contributed by atoms with Crippen LogP contribution in [0.15, 0.2) is 12.4 Å². The molecule has 8 nitrogen and oxygen atoms in total. The number of thiazole rings is 1. The molecule has 9 heteroatoms. The summed E-state index contributed by atoms with van der Waals surface area (Å²) in [5.74, 6) is 1.14. The molecular weight excluding hydrogens is 388 g/mol. The number of hydrogen-bond acceptors (Lipinski definition) is 9. The van der Waals surface area contributed by atoms with Gasteiger partial charge < -0.3 is 19.9 Å². The van der Waals surface area contributed by atoms with Crippen LogP contribution in [0.1, 0.15) is 36.4 Å². The number of ether oxygens (including phenoxy) is 1. The predicted octanol–water partition coefficient (Wildman–Crippen LogP) is 2.42. The summed E-state index contributed by atoms with van der Waals surface area (Å²) < 4.78 is 5.28. The zero-order valence-corrected chi connectivity index (χ0v) is 17.9. The van der Waals surface area contributed by atoms with E-state index in [0.717, 1.165) is 56.6 Å². The summed E-state index contributed by atoms with van der Waals surface area (Å²) in [6.07, 6.45) is 5.87. The molecule has 2 fully saturated rings. The second-order valence-corrected chi connectivity index (χ2v) is 8.56. The topological polar surface area (TPSA) is 83.5 Å².